The highest BCUT2D eigenvalue weighted by molar-refractivity contribution is 6.30. The molecule has 2 aromatic carbocycles. The lowest BCUT2D eigenvalue weighted by Gasteiger charge is -2.37. The van der Waals surface area contributed by atoms with Crippen LogP contribution in [0.1, 0.15) is 43.5 Å². The number of tetrazole rings is 1. The first-order chi connectivity index (χ1) is 15.5. The lowest BCUT2D eigenvalue weighted by Crippen LogP contribution is -2.40. The van der Waals surface area contributed by atoms with E-state index in [1.807, 2.05) is 0 Å². The highest BCUT2D eigenvalue weighted by Gasteiger charge is 2.39. The van der Waals surface area contributed by atoms with Crippen LogP contribution in [0.15, 0.2) is 48.5 Å². The Morgan fingerprint density at radius 1 is 1.06 bits per heavy atom. The average Bonchev–Trinajstić information content (AvgIpc) is 3.27. The minimum Gasteiger partial charge on any atom is -0.447 e. The number of aromatic nitrogens is 4. The van der Waals surface area contributed by atoms with E-state index < -0.39 is 6.09 Å². The van der Waals surface area contributed by atoms with Crippen molar-refractivity contribution >= 4 is 29.1 Å². The van der Waals surface area contributed by atoms with Crippen LogP contribution in [-0.2, 0) is 16.8 Å². The minimum absolute atomic E-state index is 0.151. The number of carbonyl (C=O) groups excluding carboxylic acids is 1. The number of rotatable bonds is 7. The fourth-order valence-corrected chi connectivity index (χ4v) is 4.21. The molecule has 1 saturated carbocycles. The van der Waals surface area contributed by atoms with Crippen LogP contribution in [0.5, 0.6) is 0 Å². The van der Waals surface area contributed by atoms with Crippen molar-refractivity contribution in [3.63, 3.8) is 0 Å². The van der Waals surface area contributed by atoms with Crippen LogP contribution in [0.2, 0.25) is 5.02 Å². The normalized spacial score (nSPS) is 15.2. The molecule has 9 heteroatoms. The second-order valence-corrected chi connectivity index (χ2v) is 8.56. The molecule has 1 heterocycles. The number of halogens is 1. The molecule has 0 saturated heterocycles. The number of anilines is 2. The Bertz CT molecular complexity index is 1030. The molecule has 1 fully saturated rings. The number of hydrogen-bond acceptors (Lipinski definition) is 6. The molecule has 3 aromatic rings. The summed E-state index contributed by atoms with van der Waals surface area (Å²) in [5.41, 5.74) is 2.53. The molecule has 1 aromatic heterocycles. The molecule has 0 spiro atoms. The highest BCUT2D eigenvalue weighted by Crippen LogP contribution is 2.39. The van der Waals surface area contributed by atoms with E-state index in [1.165, 1.54) is 12.0 Å². The zero-order valence-electron chi connectivity index (χ0n) is 18.1. The van der Waals surface area contributed by atoms with Gasteiger partial charge in [-0.05, 0) is 66.6 Å². The van der Waals surface area contributed by atoms with Crippen LogP contribution < -0.4 is 10.6 Å². The summed E-state index contributed by atoms with van der Waals surface area (Å²) in [6, 6.07) is 15.2. The van der Waals surface area contributed by atoms with Gasteiger partial charge in [0, 0.05) is 16.4 Å². The van der Waals surface area contributed by atoms with Crippen molar-refractivity contribution in [1.29, 1.82) is 0 Å². The number of nitrogens with one attached hydrogen (secondary N) is 2. The van der Waals surface area contributed by atoms with Crippen molar-refractivity contribution in [3.05, 3.63) is 64.9 Å². The summed E-state index contributed by atoms with van der Waals surface area (Å²) in [5.74, 6) is 0.777. The molecule has 1 aliphatic rings. The van der Waals surface area contributed by atoms with Gasteiger partial charge < -0.3 is 10.1 Å². The van der Waals surface area contributed by atoms with E-state index in [0.29, 0.717) is 17.3 Å². The predicted octanol–water partition coefficient (Wildman–Crippen LogP) is 5.16. The SMILES string of the molecule is Cc1ccc(NC2(c3nnnn3CCOC(=O)Nc3ccc(Cl)cc3)CCCCC2)cc1. The van der Waals surface area contributed by atoms with Gasteiger partial charge in [0.15, 0.2) is 5.82 Å². The standard InChI is InChI=1S/C23H27ClN6O2/c1-17-5-9-20(10-6-17)26-23(13-3-2-4-14-23)21-27-28-29-30(21)15-16-32-22(31)25-19-11-7-18(24)8-12-19/h5-12,26H,2-4,13-16H2,1H3,(H,25,31). The van der Waals surface area contributed by atoms with Gasteiger partial charge in [0.2, 0.25) is 0 Å². The predicted molar refractivity (Wildman–Crippen MR) is 124 cm³/mol. The van der Waals surface area contributed by atoms with Crippen LogP contribution in [0, 0.1) is 6.92 Å². The van der Waals surface area contributed by atoms with Gasteiger partial charge in [-0.3, -0.25) is 5.32 Å². The summed E-state index contributed by atoms with van der Waals surface area (Å²) in [5, 5.41) is 19.5. The van der Waals surface area contributed by atoms with E-state index in [0.717, 1.165) is 37.2 Å². The van der Waals surface area contributed by atoms with Crippen LogP contribution in [0.25, 0.3) is 0 Å². The Hall–Kier alpha value is -3.13. The average molecular weight is 455 g/mol. The van der Waals surface area contributed by atoms with Gasteiger partial charge in [0.25, 0.3) is 0 Å². The lowest BCUT2D eigenvalue weighted by molar-refractivity contribution is 0.153. The molecule has 1 amide bonds. The second-order valence-electron chi connectivity index (χ2n) is 8.13. The molecule has 0 radical (unpaired) electrons. The van der Waals surface area contributed by atoms with Crippen molar-refractivity contribution in [2.75, 3.05) is 17.2 Å². The Morgan fingerprint density at radius 3 is 2.47 bits per heavy atom. The van der Waals surface area contributed by atoms with Crippen molar-refractivity contribution in [1.82, 2.24) is 20.2 Å². The fraction of sp³-hybridized carbons (Fsp3) is 0.391. The smallest absolute Gasteiger partial charge is 0.411 e. The van der Waals surface area contributed by atoms with E-state index in [2.05, 4.69) is 57.3 Å². The molecular formula is C23H27ClN6O2. The summed E-state index contributed by atoms with van der Waals surface area (Å²) in [6.07, 6.45) is 4.76. The molecular weight excluding hydrogens is 428 g/mol. The Morgan fingerprint density at radius 2 is 1.75 bits per heavy atom. The largest absolute Gasteiger partial charge is 0.447 e. The minimum atomic E-state index is -0.535. The summed E-state index contributed by atoms with van der Waals surface area (Å²) in [6.45, 7) is 2.59. The Labute approximate surface area is 192 Å². The van der Waals surface area contributed by atoms with E-state index >= 15 is 0 Å². The van der Waals surface area contributed by atoms with E-state index in [4.69, 9.17) is 16.3 Å². The first-order valence-corrected chi connectivity index (χ1v) is 11.2. The highest BCUT2D eigenvalue weighted by atomic mass is 35.5. The third-order valence-electron chi connectivity index (χ3n) is 5.73. The number of amides is 1. The Kier molecular flexibility index (Phi) is 6.90. The van der Waals surface area contributed by atoms with Gasteiger partial charge >= 0.3 is 6.09 Å². The van der Waals surface area contributed by atoms with Crippen LogP contribution in [0.3, 0.4) is 0 Å². The molecule has 4 rings (SSSR count). The Balaban J connectivity index is 1.41. The fourth-order valence-electron chi connectivity index (χ4n) is 4.08. The number of ether oxygens (including phenoxy) is 1. The van der Waals surface area contributed by atoms with Crippen molar-refractivity contribution in [2.24, 2.45) is 0 Å². The quantitative estimate of drug-likeness (QED) is 0.512. The van der Waals surface area contributed by atoms with Crippen molar-refractivity contribution < 1.29 is 9.53 Å². The number of benzene rings is 2. The number of carbonyl (C=O) groups is 1. The third kappa shape index (κ3) is 5.37. The summed E-state index contributed by atoms with van der Waals surface area (Å²) in [4.78, 5) is 12.1. The first-order valence-electron chi connectivity index (χ1n) is 10.8. The van der Waals surface area contributed by atoms with Crippen LogP contribution in [0.4, 0.5) is 16.2 Å². The van der Waals surface area contributed by atoms with Gasteiger partial charge in [-0.15, -0.1) is 5.10 Å². The summed E-state index contributed by atoms with van der Waals surface area (Å²) in [7, 11) is 0. The van der Waals surface area contributed by atoms with Gasteiger partial charge in [-0.2, -0.15) is 0 Å². The number of aryl methyl sites for hydroxylation is 1. The van der Waals surface area contributed by atoms with Crippen molar-refractivity contribution in [2.45, 2.75) is 51.1 Å². The maximum absolute atomic E-state index is 12.1. The molecule has 8 nitrogen and oxygen atoms in total. The zero-order chi connectivity index (χ0) is 22.4. The topological polar surface area (TPSA) is 94.0 Å². The first kappa shape index (κ1) is 22.1. The number of nitrogens with zero attached hydrogens (tertiary/aromatic N) is 4. The maximum atomic E-state index is 12.1. The van der Waals surface area contributed by atoms with E-state index in [9.17, 15) is 4.79 Å². The van der Waals surface area contributed by atoms with Gasteiger partial charge in [-0.1, -0.05) is 48.6 Å². The molecule has 0 bridgehead atoms. The monoisotopic (exact) mass is 454 g/mol. The molecule has 1 aliphatic carbocycles. The molecule has 0 atom stereocenters. The molecule has 0 unspecified atom stereocenters. The van der Waals surface area contributed by atoms with Crippen molar-refractivity contribution in [3.8, 4) is 0 Å². The van der Waals surface area contributed by atoms with Crippen LogP contribution >= 0.6 is 11.6 Å². The maximum Gasteiger partial charge on any atom is 0.411 e. The van der Waals surface area contributed by atoms with Gasteiger partial charge in [-0.25, -0.2) is 9.48 Å². The molecule has 2 N–H and O–H groups in total. The summed E-state index contributed by atoms with van der Waals surface area (Å²) < 4.78 is 7.07. The lowest BCUT2D eigenvalue weighted by atomic mass is 9.80. The van der Waals surface area contributed by atoms with Gasteiger partial charge in [0.1, 0.15) is 6.61 Å². The summed E-state index contributed by atoms with van der Waals surface area (Å²) >= 11 is 5.87. The van der Waals surface area contributed by atoms with Crippen LogP contribution in [-0.4, -0.2) is 32.9 Å². The van der Waals surface area contributed by atoms with E-state index in [-0.39, 0.29) is 12.1 Å². The van der Waals surface area contributed by atoms with Gasteiger partial charge in [0.05, 0.1) is 12.1 Å². The second kappa shape index (κ2) is 9.99. The number of hydrogen-bond donors (Lipinski definition) is 2. The molecule has 0 aliphatic heterocycles. The zero-order valence-corrected chi connectivity index (χ0v) is 18.8. The third-order valence-corrected chi connectivity index (χ3v) is 5.98. The molecule has 168 valence electrons. The van der Waals surface area contributed by atoms with E-state index in [1.54, 1.807) is 28.9 Å². The molecule has 32 heavy (non-hydrogen) atoms.